The van der Waals surface area contributed by atoms with Gasteiger partial charge in [-0.15, -0.1) is 0 Å². The van der Waals surface area contributed by atoms with Crippen molar-refractivity contribution in [3.8, 4) is 17.2 Å². The van der Waals surface area contributed by atoms with Crippen molar-refractivity contribution in [2.24, 2.45) is 0 Å². The summed E-state index contributed by atoms with van der Waals surface area (Å²) in [6, 6.07) is 11.0. The molecule has 37 heavy (non-hydrogen) atoms. The smallest absolute Gasteiger partial charge is 0.305 e. The van der Waals surface area contributed by atoms with Crippen LogP contribution in [0.3, 0.4) is 0 Å². The minimum Gasteiger partial charge on any atom is -0.508 e. The normalized spacial score (nSPS) is 23.7. The molecule has 3 rings (SSSR count). The summed E-state index contributed by atoms with van der Waals surface area (Å²) in [6.45, 7) is 1.81. The SMILES string of the molecule is CCCCCCCC(=O)OC[C@H]1O[C@@H](Oc2cc(O)cc(/C=C/c3ccc(O)cc3)c2)[C@H](O)[C@@H](O)[C@@H]1O. The van der Waals surface area contributed by atoms with Gasteiger partial charge in [-0.3, -0.25) is 4.79 Å². The lowest BCUT2D eigenvalue weighted by Crippen LogP contribution is -2.60. The molecular weight excluding hydrogens is 480 g/mol. The van der Waals surface area contributed by atoms with E-state index in [-0.39, 0.29) is 30.3 Å². The van der Waals surface area contributed by atoms with Crippen molar-refractivity contribution < 1.29 is 44.5 Å². The number of benzene rings is 2. The standard InChI is InChI=1S/C28H36O9/c1-2-3-4-5-6-7-24(31)35-17-23-25(32)26(33)27(34)28(37-23)36-22-15-19(14-21(30)16-22)9-8-18-10-12-20(29)13-11-18/h8-16,23,25-30,32-34H,2-7,17H2,1H3/b9-8+/t23-,25-,26+,27-,28-/m1/s1. The average molecular weight is 517 g/mol. The Bertz CT molecular complexity index is 1020. The maximum Gasteiger partial charge on any atom is 0.305 e. The van der Waals surface area contributed by atoms with Gasteiger partial charge < -0.3 is 39.7 Å². The molecule has 1 heterocycles. The van der Waals surface area contributed by atoms with Gasteiger partial charge in [-0.05, 0) is 41.8 Å². The maximum atomic E-state index is 12.0. The molecular formula is C28H36O9. The van der Waals surface area contributed by atoms with E-state index in [4.69, 9.17) is 14.2 Å². The van der Waals surface area contributed by atoms with Crippen LogP contribution in [-0.2, 0) is 14.3 Å². The number of phenolic OH excluding ortho intramolecular Hbond substituents is 2. The fraction of sp³-hybridized carbons (Fsp3) is 0.464. The second kappa shape index (κ2) is 14.0. The molecule has 0 unspecified atom stereocenters. The Kier molecular flexibility index (Phi) is 10.8. The molecule has 1 aliphatic rings. The molecule has 5 atom stereocenters. The fourth-order valence-electron chi connectivity index (χ4n) is 3.95. The second-order valence-electron chi connectivity index (χ2n) is 9.16. The molecule has 5 N–H and O–H groups in total. The lowest BCUT2D eigenvalue weighted by atomic mass is 9.99. The minimum absolute atomic E-state index is 0.0989. The number of rotatable bonds is 12. The average Bonchev–Trinajstić information content (AvgIpc) is 2.87. The van der Waals surface area contributed by atoms with Gasteiger partial charge in [0.05, 0.1) is 0 Å². The topological polar surface area (TPSA) is 146 Å². The van der Waals surface area contributed by atoms with E-state index >= 15 is 0 Å². The van der Waals surface area contributed by atoms with Gasteiger partial charge >= 0.3 is 5.97 Å². The molecule has 2 aromatic rings. The Labute approximate surface area is 216 Å². The summed E-state index contributed by atoms with van der Waals surface area (Å²) in [7, 11) is 0. The van der Waals surface area contributed by atoms with E-state index in [2.05, 4.69) is 6.92 Å². The second-order valence-corrected chi connectivity index (χ2v) is 9.16. The lowest BCUT2D eigenvalue weighted by Gasteiger charge is -2.39. The molecule has 2 aromatic carbocycles. The molecule has 1 fully saturated rings. The van der Waals surface area contributed by atoms with Gasteiger partial charge in [-0.2, -0.15) is 0 Å². The molecule has 1 aliphatic heterocycles. The number of ether oxygens (including phenoxy) is 3. The van der Waals surface area contributed by atoms with Crippen molar-refractivity contribution in [1.29, 1.82) is 0 Å². The van der Waals surface area contributed by atoms with Gasteiger partial charge in [0.25, 0.3) is 0 Å². The molecule has 9 nitrogen and oxygen atoms in total. The molecule has 0 bridgehead atoms. The molecule has 0 spiro atoms. The van der Waals surface area contributed by atoms with Crippen LogP contribution in [0.15, 0.2) is 42.5 Å². The third kappa shape index (κ3) is 8.75. The maximum absolute atomic E-state index is 12.0. The number of hydrogen-bond donors (Lipinski definition) is 5. The molecule has 0 radical (unpaired) electrons. The van der Waals surface area contributed by atoms with Crippen LogP contribution in [0.25, 0.3) is 12.2 Å². The number of unbranched alkanes of at least 4 members (excludes halogenated alkanes) is 4. The predicted molar refractivity (Wildman–Crippen MR) is 137 cm³/mol. The van der Waals surface area contributed by atoms with Crippen LogP contribution < -0.4 is 4.74 Å². The third-order valence-electron chi connectivity index (χ3n) is 6.09. The number of aliphatic hydroxyl groups excluding tert-OH is 3. The monoisotopic (exact) mass is 516 g/mol. The van der Waals surface area contributed by atoms with E-state index in [1.54, 1.807) is 42.5 Å². The first kappa shape index (κ1) is 28.5. The molecule has 0 aromatic heterocycles. The van der Waals surface area contributed by atoms with Gasteiger partial charge in [0.1, 0.15) is 48.3 Å². The van der Waals surface area contributed by atoms with Crippen LogP contribution in [-0.4, -0.2) is 68.8 Å². The van der Waals surface area contributed by atoms with Crippen molar-refractivity contribution >= 4 is 18.1 Å². The Morgan fingerprint density at radius 3 is 2.30 bits per heavy atom. The first-order chi connectivity index (χ1) is 17.8. The number of carbonyl (C=O) groups excluding carboxylic acids is 1. The lowest BCUT2D eigenvalue weighted by molar-refractivity contribution is -0.278. The number of hydrogen-bond acceptors (Lipinski definition) is 9. The van der Waals surface area contributed by atoms with E-state index in [1.165, 1.54) is 12.1 Å². The largest absolute Gasteiger partial charge is 0.508 e. The first-order valence-corrected chi connectivity index (χ1v) is 12.6. The number of aliphatic hydroxyl groups is 3. The quantitative estimate of drug-likeness (QED) is 0.163. The van der Waals surface area contributed by atoms with Crippen LogP contribution in [0.4, 0.5) is 0 Å². The summed E-state index contributed by atoms with van der Waals surface area (Å²) in [6.07, 6.45) is 1.52. The van der Waals surface area contributed by atoms with E-state index in [0.717, 1.165) is 31.2 Å². The van der Waals surface area contributed by atoms with Gasteiger partial charge in [0.15, 0.2) is 0 Å². The molecule has 0 amide bonds. The van der Waals surface area contributed by atoms with E-state index in [1.807, 2.05) is 0 Å². The predicted octanol–water partition coefficient (Wildman–Crippen LogP) is 3.36. The highest BCUT2D eigenvalue weighted by molar-refractivity contribution is 5.71. The summed E-state index contributed by atoms with van der Waals surface area (Å²) in [5.74, 6) is -0.221. The number of aromatic hydroxyl groups is 2. The van der Waals surface area contributed by atoms with Crippen LogP contribution in [0.2, 0.25) is 0 Å². The van der Waals surface area contributed by atoms with Crippen molar-refractivity contribution in [3.63, 3.8) is 0 Å². The Hall–Kier alpha value is -3.11. The summed E-state index contributed by atoms with van der Waals surface area (Å²) in [5.41, 5.74) is 1.41. The van der Waals surface area contributed by atoms with Crippen LogP contribution >= 0.6 is 0 Å². The highest BCUT2D eigenvalue weighted by Gasteiger charge is 2.45. The van der Waals surface area contributed by atoms with Gasteiger partial charge in [0, 0.05) is 12.5 Å². The summed E-state index contributed by atoms with van der Waals surface area (Å²) in [5, 5.41) is 50.6. The van der Waals surface area contributed by atoms with Gasteiger partial charge in [-0.25, -0.2) is 0 Å². The van der Waals surface area contributed by atoms with E-state index in [0.29, 0.717) is 12.0 Å². The van der Waals surface area contributed by atoms with Crippen molar-refractivity contribution in [2.45, 2.75) is 76.2 Å². The third-order valence-corrected chi connectivity index (χ3v) is 6.09. The molecule has 9 heteroatoms. The number of esters is 1. The van der Waals surface area contributed by atoms with E-state index < -0.39 is 36.7 Å². The first-order valence-electron chi connectivity index (χ1n) is 12.6. The summed E-state index contributed by atoms with van der Waals surface area (Å²) < 4.78 is 16.6. The Morgan fingerprint density at radius 1 is 0.865 bits per heavy atom. The zero-order chi connectivity index (χ0) is 26.8. The summed E-state index contributed by atoms with van der Waals surface area (Å²) in [4.78, 5) is 12.0. The van der Waals surface area contributed by atoms with E-state index in [9.17, 15) is 30.3 Å². The molecule has 0 saturated carbocycles. The van der Waals surface area contributed by atoms with Crippen molar-refractivity contribution in [1.82, 2.24) is 0 Å². The molecule has 202 valence electrons. The van der Waals surface area contributed by atoms with Gasteiger partial charge in [-0.1, -0.05) is 56.9 Å². The number of phenols is 2. The zero-order valence-electron chi connectivity index (χ0n) is 20.9. The fourth-order valence-corrected chi connectivity index (χ4v) is 3.95. The van der Waals surface area contributed by atoms with Crippen LogP contribution in [0.1, 0.15) is 56.6 Å². The highest BCUT2D eigenvalue weighted by Crippen LogP contribution is 2.28. The minimum atomic E-state index is -1.59. The zero-order valence-corrected chi connectivity index (χ0v) is 20.9. The van der Waals surface area contributed by atoms with Crippen LogP contribution in [0, 0.1) is 0 Å². The highest BCUT2D eigenvalue weighted by atomic mass is 16.7. The number of carbonyl (C=O) groups is 1. The summed E-state index contributed by atoms with van der Waals surface area (Å²) >= 11 is 0. The van der Waals surface area contributed by atoms with Crippen molar-refractivity contribution in [3.05, 3.63) is 53.6 Å². The van der Waals surface area contributed by atoms with Gasteiger partial charge in [0.2, 0.25) is 6.29 Å². The van der Waals surface area contributed by atoms with Crippen molar-refractivity contribution in [2.75, 3.05) is 6.61 Å². The van der Waals surface area contributed by atoms with Crippen LogP contribution in [0.5, 0.6) is 17.2 Å². The molecule has 0 aliphatic carbocycles. The molecule has 1 saturated heterocycles. The Morgan fingerprint density at radius 2 is 1.57 bits per heavy atom. The Balaban J connectivity index is 1.60.